The first kappa shape index (κ1) is 24.3. The summed E-state index contributed by atoms with van der Waals surface area (Å²) >= 11 is 7.06. The lowest BCUT2D eigenvalue weighted by Gasteiger charge is -2.12. The van der Waals surface area contributed by atoms with Gasteiger partial charge in [0.1, 0.15) is 5.92 Å². The van der Waals surface area contributed by atoms with Crippen LogP contribution >= 0.6 is 31.9 Å². The SMILES string of the molecule is O=Cc1ccccc1C(=O)Nc1cccc2ccc(C3C(=O)c4cc5c(Br)ccc(Br)c5cc4C3=O)nc12. The highest BCUT2D eigenvalue weighted by atomic mass is 79.9. The number of anilines is 1. The van der Waals surface area contributed by atoms with Crippen LogP contribution in [0.25, 0.3) is 21.7 Å². The van der Waals surface area contributed by atoms with E-state index in [0.717, 1.165) is 25.1 Å². The summed E-state index contributed by atoms with van der Waals surface area (Å²) in [5.41, 5.74) is 2.38. The maximum absolute atomic E-state index is 13.5. The molecule has 0 unspecified atom stereocenters. The van der Waals surface area contributed by atoms with Gasteiger partial charge in [0.25, 0.3) is 5.91 Å². The summed E-state index contributed by atoms with van der Waals surface area (Å²) in [6.07, 6.45) is 0.629. The Morgan fingerprint density at radius 2 is 1.47 bits per heavy atom. The van der Waals surface area contributed by atoms with Crippen molar-refractivity contribution in [2.24, 2.45) is 0 Å². The van der Waals surface area contributed by atoms with Crippen LogP contribution in [0.4, 0.5) is 5.69 Å². The molecule has 1 aromatic heterocycles. The second-order valence-electron chi connectivity index (χ2n) is 8.91. The number of pyridine rings is 1. The van der Waals surface area contributed by atoms with Crippen molar-refractivity contribution in [3.05, 3.63) is 116 Å². The van der Waals surface area contributed by atoms with Crippen LogP contribution in [0.15, 0.2) is 87.8 Å². The average molecular weight is 628 g/mol. The number of nitrogens with zero attached hydrogens (tertiary/aromatic N) is 1. The van der Waals surface area contributed by atoms with Gasteiger partial charge in [-0.3, -0.25) is 19.2 Å². The highest BCUT2D eigenvalue weighted by Crippen LogP contribution is 2.40. The number of halogens is 2. The molecule has 0 saturated carbocycles. The molecule has 0 fully saturated rings. The fourth-order valence-corrected chi connectivity index (χ4v) is 5.77. The number of para-hydroxylation sites is 1. The molecule has 4 aromatic carbocycles. The molecule has 1 heterocycles. The third-order valence-electron chi connectivity index (χ3n) is 6.72. The first-order valence-corrected chi connectivity index (χ1v) is 13.2. The van der Waals surface area contributed by atoms with E-state index in [1.807, 2.05) is 18.2 Å². The number of carbonyl (C=O) groups is 4. The van der Waals surface area contributed by atoms with Crippen LogP contribution in [-0.2, 0) is 0 Å². The van der Waals surface area contributed by atoms with Crippen molar-refractivity contribution in [1.82, 2.24) is 4.98 Å². The minimum absolute atomic E-state index is 0.233. The van der Waals surface area contributed by atoms with Gasteiger partial charge >= 0.3 is 0 Å². The highest BCUT2D eigenvalue weighted by molar-refractivity contribution is 9.11. The number of nitrogens with one attached hydrogen (secondary N) is 1. The van der Waals surface area contributed by atoms with E-state index in [1.54, 1.807) is 60.7 Å². The lowest BCUT2D eigenvalue weighted by molar-refractivity contribution is 0.0887. The number of aldehydes is 1. The molecule has 184 valence electrons. The fraction of sp³-hybridized carbons (Fsp3) is 0.0333. The smallest absolute Gasteiger partial charge is 0.256 e. The van der Waals surface area contributed by atoms with Crippen LogP contribution in [0.5, 0.6) is 0 Å². The zero-order chi connectivity index (χ0) is 26.6. The molecule has 38 heavy (non-hydrogen) atoms. The Morgan fingerprint density at radius 1 is 0.816 bits per heavy atom. The zero-order valence-electron chi connectivity index (χ0n) is 19.5. The number of aromatic nitrogens is 1. The van der Waals surface area contributed by atoms with Crippen molar-refractivity contribution >= 4 is 83.0 Å². The number of ketones is 2. The van der Waals surface area contributed by atoms with Crippen molar-refractivity contribution in [3.63, 3.8) is 0 Å². The molecule has 5 aromatic rings. The molecule has 0 bridgehead atoms. The summed E-state index contributed by atoms with van der Waals surface area (Å²) in [7, 11) is 0. The molecule has 6 nitrogen and oxygen atoms in total. The molecule has 0 saturated heterocycles. The van der Waals surface area contributed by atoms with Gasteiger partial charge in [-0.05, 0) is 53.2 Å². The number of benzene rings is 4. The van der Waals surface area contributed by atoms with Crippen molar-refractivity contribution in [2.45, 2.75) is 5.92 Å². The van der Waals surface area contributed by atoms with Gasteiger partial charge in [-0.1, -0.05) is 68.3 Å². The summed E-state index contributed by atoms with van der Waals surface area (Å²) in [5.74, 6) is -2.17. The number of hydrogen-bond acceptors (Lipinski definition) is 5. The third kappa shape index (κ3) is 3.88. The summed E-state index contributed by atoms with van der Waals surface area (Å²) in [6.45, 7) is 0. The van der Waals surface area contributed by atoms with Gasteiger partial charge in [0.05, 0.1) is 22.5 Å². The molecule has 1 aliphatic carbocycles. The van der Waals surface area contributed by atoms with Crippen LogP contribution in [-0.4, -0.2) is 28.7 Å². The molecular formula is C30H16Br2N2O4. The van der Waals surface area contributed by atoms with Crippen LogP contribution in [0.2, 0.25) is 0 Å². The number of Topliss-reactive ketones (excluding diaryl/α,β-unsaturated/α-hetero) is 2. The van der Waals surface area contributed by atoms with Gasteiger partial charge < -0.3 is 5.32 Å². The quantitative estimate of drug-likeness (QED) is 0.169. The van der Waals surface area contributed by atoms with E-state index in [0.29, 0.717) is 34.3 Å². The van der Waals surface area contributed by atoms with Gasteiger partial charge in [-0.2, -0.15) is 0 Å². The summed E-state index contributed by atoms with van der Waals surface area (Å²) in [4.78, 5) is 56.1. The summed E-state index contributed by atoms with van der Waals surface area (Å²) in [6, 6.07) is 22.5. The van der Waals surface area contributed by atoms with E-state index in [4.69, 9.17) is 4.98 Å². The van der Waals surface area contributed by atoms with Crippen LogP contribution in [0, 0.1) is 0 Å². The standard InChI is InChI=1S/C30H16Br2N2O4/c31-22-9-10-23(32)19-13-21-20(12-18(19)22)28(36)26(29(21)37)24-11-8-15-5-3-7-25(27(15)33-24)34-30(38)17-6-2-1-4-16(17)14-35/h1-14,26H,(H,34,38). The molecule has 6 rings (SSSR count). The minimum Gasteiger partial charge on any atom is -0.320 e. The topological polar surface area (TPSA) is 93.2 Å². The number of fused-ring (bicyclic) bond motifs is 3. The molecule has 0 radical (unpaired) electrons. The Kier molecular flexibility index (Phi) is 6.01. The molecule has 0 spiro atoms. The van der Waals surface area contributed by atoms with Gasteiger partial charge in [-0.15, -0.1) is 0 Å². The zero-order valence-corrected chi connectivity index (χ0v) is 22.7. The molecular weight excluding hydrogens is 612 g/mol. The lowest BCUT2D eigenvalue weighted by Crippen LogP contribution is -2.16. The van der Waals surface area contributed by atoms with E-state index >= 15 is 0 Å². The van der Waals surface area contributed by atoms with E-state index in [2.05, 4.69) is 37.2 Å². The van der Waals surface area contributed by atoms with E-state index in [1.165, 1.54) is 0 Å². The minimum atomic E-state index is -1.08. The predicted octanol–water partition coefficient (Wildman–Crippen LogP) is 7.14. The van der Waals surface area contributed by atoms with E-state index < -0.39 is 11.8 Å². The summed E-state index contributed by atoms with van der Waals surface area (Å²) < 4.78 is 1.64. The van der Waals surface area contributed by atoms with Gasteiger partial charge in [0, 0.05) is 31.0 Å². The van der Waals surface area contributed by atoms with Crippen molar-refractivity contribution < 1.29 is 19.2 Å². The van der Waals surface area contributed by atoms with E-state index in [9.17, 15) is 19.2 Å². The number of carbonyl (C=O) groups excluding carboxylic acids is 4. The summed E-state index contributed by atoms with van der Waals surface area (Å²) in [5, 5.41) is 5.21. The van der Waals surface area contributed by atoms with Gasteiger partial charge in [0.2, 0.25) is 0 Å². The number of rotatable bonds is 4. The third-order valence-corrected chi connectivity index (χ3v) is 8.10. The van der Waals surface area contributed by atoms with Crippen molar-refractivity contribution in [3.8, 4) is 0 Å². The Hall–Kier alpha value is -4.01. The second-order valence-corrected chi connectivity index (χ2v) is 10.6. The Bertz CT molecular complexity index is 1800. The Balaban J connectivity index is 1.41. The van der Waals surface area contributed by atoms with Gasteiger partial charge in [-0.25, -0.2) is 4.98 Å². The van der Waals surface area contributed by atoms with Gasteiger partial charge in [0.15, 0.2) is 17.9 Å². The van der Waals surface area contributed by atoms with Crippen molar-refractivity contribution in [1.29, 1.82) is 0 Å². The Morgan fingerprint density at radius 3 is 2.13 bits per heavy atom. The normalized spacial score (nSPS) is 13.2. The van der Waals surface area contributed by atoms with E-state index in [-0.39, 0.29) is 22.7 Å². The van der Waals surface area contributed by atoms with Crippen LogP contribution in [0.1, 0.15) is 53.0 Å². The number of hydrogen-bond donors (Lipinski definition) is 1. The first-order valence-electron chi connectivity index (χ1n) is 11.6. The molecule has 8 heteroatoms. The largest absolute Gasteiger partial charge is 0.320 e. The molecule has 1 N–H and O–H groups in total. The number of amides is 1. The molecule has 0 aliphatic heterocycles. The monoisotopic (exact) mass is 626 g/mol. The molecule has 1 amide bonds. The lowest BCUT2D eigenvalue weighted by atomic mass is 9.98. The Labute approximate surface area is 233 Å². The van der Waals surface area contributed by atoms with Crippen LogP contribution in [0.3, 0.4) is 0 Å². The van der Waals surface area contributed by atoms with Crippen LogP contribution < -0.4 is 5.32 Å². The fourth-order valence-electron chi connectivity index (χ4n) is 4.85. The maximum atomic E-state index is 13.5. The molecule has 0 atom stereocenters. The molecule has 1 aliphatic rings. The maximum Gasteiger partial charge on any atom is 0.256 e. The second kappa shape index (κ2) is 9.38. The highest BCUT2D eigenvalue weighted by Gasteiger charge is 2.41. The predicted molar refractivity (Wildman–Crippen MR) is 152 cm³/mol. The first-order chi connectivity index (χ1) is 18.4. The van der Waals surface area contributed by atoms with Crippen molar-refractivity contribution in [2.75, 3.05) is 5.32 Å². The average Bonchev–Trinajstić information content (AvgIpc) is 3.18.